The summed E-state index contributed by atoms with van der Waals surface area (Å²) >= 11 is 0. The van der Waals surface area contributed by atoms with Gasteiger partial charge in [-0.2, -0.15) is 0 Å². The van der Waals surface area contributed by atoms with Gasteiger partial charge in [0.25, 0.3) is 0 Å². The fourth-order valence-electron chi connectivity index (χ4n) is 2.19. The van der Waals surface area contributed by atoms with E-state index in [2.05, 4.69) is 4.90 Å². The molecule has 98 valence electrons. The lowest BCUT2D eigenvalue weighted by atomic mass is 10.1. The molecule has 0 aromatic heterocycles. The van der Waals surface area contributed by atoms with E-state index in [0.717, 1.165) is 18.7 Å². The first-order valence-corrected chi connectivity index (χ1v) is 6.36. The van der Waals surface area contributed by atoms with Gasteiger partial charge in [-0.3, -0.25) is 4.90 Å². The predicted molar refractivity (Wildman–Crippen MR) is 68.2 cm³/mol. The molecule has 4 heteroatoms. The van der Waals surface area contributed by atoms with Crippen molar-refractivity contribution in [2.24, 2.45) is 0 Å². The van der Waals surface area contributed by atoms with E-state index in [1.165, 1.54) is 0 Å². The molecule has 2 rings (SSSR count). The molecular weight excluding hydrogens is 230 g/mol. The Morgan fingerprint density at radius 3 is 2.61 bits per heavy atom. The van der Waals surface area contributed by atoms with Crippen LogP contribution in [0.15, 0.2) is 30.3 Å². The minimum Gasteiger partial charge on any atom is -0.465 e. The summed E-state index contributed by atoms with van der Waals surface area (Å²) in [5.41, 5.74) is 0.984. The molecule has 0 unspecified atom stereocenters. The first kappa shape index (κ1) is 13.1. The number of esters is 1. The number of hydrogen-bond donors (Lipinski definition) is 0. The van der Waals surface area contributed by atoms with Crippen LogP contribution in [0.4, 0.5) is 0 Å². The Kier molecular flexibility index (Phi) is 4.73. The second-order valence-electron chi connectivity index (χ2n) is 4.21. The number of rotatable bonds is 4. The third-order valence-electron chi connectivity index (χ3n) is 3.04. The van der Waals surface area contributed by atoms with Gasteiger partial charge in [0.15, 0.2) is 0 Å². The third-order valence-corrected chi connectivity index (χ3v) is 3.04. The van der Waals surface area contributed by atoms with Crippen molar-refractivity contribution in [1.82, 2.24) is 4.90 Å². The van der Waals surface area contributed by atoms with Gasteiger partial charge < -0.3 is 9.47 Å². The van der Waals surface area contributed by atoms with Crippen LogP contribution < -0.4 is 0 Å². The highest BCUT2D eigenvalue weighted by molar-refractivity contribution is 5.77. The predicted octanol–water partition coefficient (Wildman–Crippen LogP) is 1.62. The van der Waals surface area contributed by atoms with E-state index in [0.29, 0.717) is 19.8 Å². The lowest BCUT2D eigenvalue weighted by Crippen LogP contribution is -2.42. The van der Waals surface area contributed by atoms with Gasteiger partial charge in [0.2, 0.25) is 0 Å². The molecule has 0 amide bonds. The molecule has 1 aromatic rings. The molecule has 0 aliphatic carbocycles. The van der Waals surface area contributed by atoms with Crippen LogP contribution in [-0.4, -0.2) is 43.8 Å². The lowest BCUT2D eigenvalue weighted by Gasteiger charge is -2.33. The average molecular weight is 249 g/mol. The van der Waals surface area contributed by atoms with Gasteiger partial charge >= 0.3 is 5.97 Å². The van der Waals surface area contributed by atoms with E-state index >= 15 is 0 Å². The molecule has 0 bridgehead atoms. The van der Waals surface area contributed by atoms with Crippen LogP contribution in [0.25, 0.3) is 0 Å². The molecule has 0 N–H and O–H groups in total. The molecule has 18 heavy (non-hydrogen) atoms. The highest BCUT2D eigenvalue weighted by atomic mass is 16.5. The van der Waals surface area contributed by atoms with Crippen molar-refractivity contribution < 1.29 is 14.3 Å². The SMILES string of the molecule is CCOC(=O)[C@@H](c1ccccc1)N1CCOCC1. The molecule has 1 saturated heterocycles. The quantitative estimate of drug-likeness (QED) is 0.760. The Hall–Kier alpha value is -1.39. The van der Waals surface area contributed by atoms with Crippen molar-refractivity contribution in [2.45, 2.75) is 13.0 Å². The summed E-state index contributed by atoms with van der Waals surface area (Å²) in [5.74, 6) is -0.175. The van der Waals surface area contributed by atoms with Crippen LogP contribution in [0.2, 0.25) is 0 Å². The Labute approximate surface area is 107 Å². The molecule has 4 nitrogen and oxygen atoms in total. The summed E-state index contributed by atoms with van der Waals surface area (Å²) in [6.45, 7) is 5.11. The van der Waals surface area contributed by atoms with Crippen molar-refractivity contribution in [3.8, 4) is 0 Å². The Balaban J connectivity index is 2.19. The zero-order chi connectivity index (χ0) is 12.8. The summed E-state index contributed by atoms with van der Waals surface area (Å²) in [6, 6.07) is 9.47. The molecule has 0 spiro atoms. The van der Waals surface area contributed by atoms with Gasteiger partial charge in [-0.25, -0.2) is 4.79 Å². The third kappa shape index (κ3) is 3.09. The standard InChI is InChI=1S/C14H19NO3/c1-2-18-14(16)13(12-6-4-3-5-7-12)15-8-10-17-11-9-15/h3-7,13H,2,8-11H2,1H3/t13-/m1/s1. The van der Waals surface area contributed by atoms with E-state index in [1.807, 2.05) is 37.3 Å². The summed E-state index contributed by atoms with van der Waals surface area (Å²) in [6.07, 6.45) is 0. The lowest BCUT2D eigenvalue weighted by molar-refractivity contribution is -0.151. The monoisotopic (exact) mass is 249 g/mol. The number of carbonyl (C=O) groups is 1. The number of hydrogen-bond acceptors (Lipinski definition) is 4. The minimum atomic E-state index is -0.310. The molecule has 0 radical (unpaired) electrons. The van der Waals surface area contributed by atoms with Crippen LogP contribution in [0.3, 0.4) is 0 Å². The van der Waals surface area contributed by atoms with E-state index in [9.17, 15) is 4.79 Å². The fraction of sp³-hybridized carbons (Fsp3) is 0.500. The number of ether oxygens (including phenoxy) is 2. The average Bonchev–Trinajstić information content (AvgIpc) is 2.42. The second kappa shape index (κ2) is 6.52. The smallest absolute Gasteiger partial charge is 0.328 e. The van der Waals surface area contributed by atoms with Crippen molar-refractivity contribution in [1.29, 1.82) is 0 Å². The van der Waals surface area contributed by atoms with E-state index < -0.39 is 0 Å². The van der Waals surface area contributed by atoms with Gasteiger partial charge in [0.1, 0.15) is 6.04 Å². The molecule has 1 aromatic carbocycles. The Bertz CT molecular complexity index is 374. The van der Waals surface area contributed by atoms with E-state index in [-0.39, 0.29) is 12.0 Å². The van der Waals surface area contributed by atoms with Crippen LogP contribution in [0, 0.1) is 0 Å². The topological polar surface area (TPSA) is 38.8 Å². The highest BCUT2D eigenvalue weighted by Gasteiger charge is 2.29. The van der Waals surface area contributed by atoms with Gasteiger partial charge in [-0.1, -0.05) is 30.3 Å². The first-order chi connectivity index (χ1) is 8.83. The molecule has 1 atom stereocenters. The molecular formula is C14H19NO3. The number of carbonyl (C=O) groups excluding carboxylic acids is 1. The zero-order valence-electron chi connectivity index (χ0n) is 10.7. The largest absolute Gasteiger partial charge is 0.465 e. The molecule has 0 saturated carbocycles. The summed E-state index contributed by atoms with van der Waals surface area (Å²) < 4.78 is 10.5. The second-order valence-corrected chi connectivity index (χ2v) is 4.21. The van der Waals surface area contributed by atoms with Crippen LogP contribution in [0.1, 0.15) is 18.5 Å². The molecule has 1 heterocycles. The summed E-state index contributed by atoms with van der Waals surface area (Å²) in [7, 11) is 0. The molecule has 1 fully saturated rings. The summed E-state index contributed by atoms with van der Waals surface area (Å²) in [5, 5.41) is 0. The number of nitrogens with zero attached hydrogens (tertiary/aromatic N) is 1. The van der Waals surface area contributed by atoms with Crippen LogP contribution in [0.5, 0.6) is 0 Å². The molecule has 1 aliphatic rings. The highest BCUT2D eigenvalue weighted by Crippen LogP contribution is 2.23. The normalized spacial score (nSPS) is 18.3. The maximum atomic E-state index is 12.1. The zero-order valence-corrected chi connectivity index (χ0v) is 10.7. The van der Waals surface area contributed by atoms with Crippen molar-refractivity contribution in [2.75, 3.05) is 32.9 Å². The maximum absolute atomic E-state index is 12.1. The fourth-order valence-corrected chi connectivity index (χ4v) is 2.19. The molecule has 1 aliphatic heterocycles. The van der Waals surface area contributed by atoms with Crippen LogP contribution in [-0.2, 0) is 14.3 Å². The van der Waals surface area contributed by atoms with Gasteiger partial charge in [-0.05, 0) is 12.5 Å². The van der Waals surface area contributed by atoms with Crippen molar-refractivity contribution in [3.05, 3.63) is 35.9 Å². The summed E-state index contributed by atoms with van der Waals surface area (Å²) in [4.78, 5) is 14.3. The van der Waals surface area contributed by atoms with Crippen molar-refractivity contribution >= 4 is 5.97 Å². The minimum absolute atomic E-state index is 0.175. The number of benzene rings is 1. The Morgan fingerprint density at radius 1 is 1.33 bits per heavy atom. The Morgan fingerprint density at radius 2 is 2.00 bits per heavy atom. The van der Waals surface area contributed by atoms with Gasteiger partial charge in [0, 0.05) is 13.1 Å². The number of morpholine rings is 1. The maximum Gasteiger partial charge on any atom is 0.328 e. The van der Waals surface area contributed by atoms with Crippen molar-refractivity contribution in [3.63, 3.8) is 0 Å². The van der Waals surface area contributed by atoms with E-state index in [1.54, 1.807) is 0 Å². The van der Waals surface area contributed by atoms with E-state index in [4.69, 9.17) is 9.47 Å². The first-order valence-electron chi connectivity index (χ1n) is 6.36. The van der Waals surface area contributed by atoms with Gasteiger partial charge in [0.05, 0.1) is 19.8 Å². The van der Waals surface area contributed by atoms with Crippen LogP contribution >= 0.6 is 0 Å². The van der Waals surface area contributed by atoms with Gasteiger partial charge in [-0.15, -0.1) is 0 Å².